The van der Waals surface area contributed by atoms with Crippen molar-refractivity contribution in [1.82, 2.24) is 0 Å². The van der Waals surface area contributed by atoms with Gasteiger partial charge in [-0.05, 0) is 20.8 Å². The number of aryl methyl sites for hydroxylation is 3. The van der Waals surface area contributed by atoms with Crippen molar-refractivity contribution in [1.29, 1.82) is 0 Å². The Hall–Kier alpha value is -1.18. The Balaban J connectivity index is 2.61. The van der Waals surface area contributed by atoms with Crippen LogP contribution in [0.1, 0.15) is 16.7 Å². The van der Waals surface area contributed by atoms with E-state index in [9.17, 15) is 22.0 Å². The molecular formula is C15H11F5I+. The molecule has 6 heteroatoms. The number of rotatable bonds is 2. The van der Waals surface area contributed by atoms with Crippen LogP contribution in [0.15, 0.2) is 12.1 Å². The third-order valence-electron chi connectivity index (χ3n) is 2.93. The van der Waals surface area contributed by atoms with E-state index >= 15 is 0 Å². The van der Waals surface area contributed by atoms with Gasteiger partial charge in [0, 0.05) is 11.1 Å². The second kappa shape index (κ2) is 5.90. The first-order valence-corrected chi connectivity index (χ1v) is 8.14. The minimum atomic E-state index is -2.12. The van der Waals surface area contributed by atoms with Crippen molar-refractivity contribution in [2.45, 2.75) is 20.8 Å². The van der Waals surface area contributed by atoms with Gasteiger partial charge in [-0.15, -0.1) is 0 Å². The summed E-state index contributed by atoms with van der Waals surface area (Å²) in [4.78, 5) is 0. The molecule has 0 aliphatic heterocycles. The Morgan fingerprint density at radius 3 is 1.43 bits per heavy atom. The third kappa shape index (κ3) is 2.90. The highest BCUT2D eigenvalue weighted by Crippen LogP contribution is 2.17. The molecule has 0 unspecified atom stereocenters. The fourth-order valence-electron chi connectivity index (χ4n) is 2.07. The van der Waals surface area contributed by atoms with Gasteiger partial charge in [-0.25, -0.2) is 13.2 Å². The van der Waals surface area contributed by atoms with Crippen molar-refractivity contribution in [3.8, 4) is 0 Å². The summed E-state index contributed by atoms with van der Waals surface area (Å²) in [6.07, 6.45) is 0. The van der Waals surface area contributed by atoms with E-state index in [0.717, 1.165) is 16.7 Å². The van der Waals surface area contributed by atoms with E-state index in [1.165, 1.54) is 0 Å². The Morgan fingerprint density at radius 2 is 1.00 bits per heavy atom. The van der Waals surface area contributed by atoms with E-state index in [1.807, 2.05) is 19.1 Å². The zero-order valence-electron chi connectivity index (χ0n) is 11.4. The molecule has 0 fully saturated rings. The predicted molar refractivity (Wildman–Crippen MR) is 64.3 cm³/mol. The Kier molecular flexibility index (Phi) is 4.55. The first-order chi connectivity index (χ1) is 9.73. The maximum absolute atomic E-state index is 13.7. The van der Waals surface area contributed by atoms with Gasteiger partial charge in [0.1, 0.15) is 0 Å². The van der Waals surface area contributed by atoms with Gasteiger partial charge in [-0.2, -0.15) is 8.78 Å². The third-order valence-corrected chi connectivity index (χ3v) is 6.65. The molecule has 0 saturated carbocycles. The predicted octanol–water partition coefficient (Wildman–Crippen LogP) is 1.44. The summed E-state index contributed by atoms with van der Waals surface area (Å²) in [5, 5.41) is 0. The maximum Gasteiger partial charge on any atom is 0.365 e. The average molecular weight is 413 g/mol. The summed E-state index contributed by atoms with van der Waals surface area (Å²) in [5.41, 5.74) is 2.57. The molecule has 0 amide bonds. The van der Waals surface area contributed by atoms with Gasteiger partial charge >= 0.3 is 21.2 Å². The molecule has 0 nitrogen and oxygen atoms in total. The Bertz CT molecular complexity index is 672. The van der Waals surface area contributed by atoms with Crippen LogP contribution in [0.5, 0.6) is 0 Å². The molecule has 0 heterocycles. The van der Waals surface area contributed by atoms with Gasteiger partial charge in [0.05, 0.1) is 0 Å². The molecule has 0 aliphatic rings. The van der Waals surface area contributed by atoms with Crippen molar-refractivity contribution in [2.24, 2.45) is 0 Å². The number of benzene rings is 2. The fourth-order valence-corrected chi connectivity index (χ4v) is 4.72. The lowest BCUT2D eigenvalue weighted by molar-refractivity contribution is -0.605. The summed E-state index contributed by atoms with van der Waals surface area (Å²) in [7, 11) is 0. The second-order valence-electron chi connectivity index (χ2n) is 4.69. The monoisotopic (exact) mass is 413 g/mol. The normalized spacial score (nSPS) is 11.0. The molecule has 21 heavy (non-hydrogen) atoms. The Labute approximate surface area is 129 Å². The SMILES string of the molecule is Cc1cc(C)c([I+]c2c(F)c(F)c(F)c(F)c2F)c(C)c1. The van der Waals surface area contributed by atoms with E-state index in [4.69, 9.17) is 0 Å². The molecule has 0 spiro atoms. The van der Waals surface area contributed by atoms with Crippen LogP contribution in [0, 0.1) is 57.0 Å². The van der Waals surface area contributed by atoms with Gasteiger partial charge in [-0.3, -0.25) is 0 Å². The first-order valence-electron chi connectivity index (χ1n) is 5.98. The van der Waals surface area contributed by atoms with Crippen LogP contribution in [0.3, 0.4) is 0 Å². The molecule has 0 saturated heterocycles. The first kappa shape index (κ1) is 16.2. The molecule has 112 valence electrons. The molecule has 2 rings (SSSR count). The zero-order valence-corrected chi connectivity index (χ0v) is 13.6. The lowest BCUT2D eigenvalue weighted by Crippen LogP contribution is -3.62. The largest absolute Gasteiger partial charge is 0.365 e. The van der Waals surface area contributed by atoms with E-state index in [-0.39, 0.29) is 0 Å². The van der Waals surface area contributed by atoms with Crippen molar-refractivity contribution in [2.75, 3.05) is 0 Å². The van der Waals surface area contributed by atoms with Gasteiger partial charge in [0.15, 0.2) is 3.57 Å². The van der Waals surface area contributed by atoms with Gasteiger partial charge in [0.25, 0.3) is 3.57 Å². The van der Waals surface area contributed by atoms with Gasteiger partial charge in [-0.1, -0.05) is 17.7 Å². The molecule has 0 radical (unpaired) electrons. The summed E-state index contributed by atoms with van der Waals surface area (Å²) >= 11 is -1.51. The van der Waals surface area contributed by atoms with E-state index in [0.29, 0.717) is 3.57 Å². The molecule has 0 bridgehead atoms. The fraction of sp³-hybridized carbons (Fsp3) is 0.200. The summed E-state index contributed by atoms with van der Waals surface area (Å²) in [6.45, 7) is 5.41. The quantitative estimate of drug-likeness (QED) is 0.303. The minimum Gasteiger partial charge on any atom is -0.200 e. The lowest BCUT2D eigenvalue weighted by atomic mass is 10.1. The average Bonchev–Trinajstić information content (AvgIpc) is 2.41. The molecule has 0 aliphatic carbocycles. The summed E-state index contributed by atoms with van der Waals surface area (Å²) < 4.78 is 66.9. The van der Waals surface area contributed by atoms with Crippen LogP contribution >= 0.6 is 0 Å². The van der Waals surface area contributed by atoms with Crippen molar-refractivity contribution in [3.05, 3.63) is 65.0 Å². The molecule has 0 aromatic heterocycles. The number of hydrogen-bond donors (Lipinski definition) is 0. The smallest absolute Gasteiger partial charge is 0.200 e. The summed E-state index contributed by atoms with van der Waals surface area (Å²) in [5.74, 6) is -9.33. The molecule has 0 N–H and O–H groups in total. The van der Waals surface area contributed by atoms with Crippen LogP contribution in [0.25, 0.3) is 0 Å². The zero-order chi connectivity index (χ0) is 15.9. The topological polar surface area (TPSA) is 0 Å². The van der Waals surface area contributed by atoms with Crippen molar-refractivity contribution < 1.29 is 43.2 Å². The molecule has 2 aromatic carbocycles. The van der Waals surface area contributed by atoms with Crippen LogP contribution in [-0.2, 0) is 0 Å². The van der Waals surface area contributed by atoms with Crippen LogP contribution in [0.4, 0.5) is 22.0 Å². The van der Waals surface area contributed by atoms with Crippen LogP contribution in [-0.4, -0.2) is 0 Å². The number of halogens is 6. The van der Waals surface area contributed by atoms with Gasteiger partial charge < -0.3 is 0 Å². The maximum atomic E-state index is 13.7. The Morgan fingerprint density at radius 1 is 0.619 bits per heavy atom. The highest BCUT2D eigenvalue weighted by Gasteiger charge is 2.36. The second-order valence-corrected chi connectivity index (χ2v) is 7.39. The molecular weight excluding hydrogens is 402 g/mol. The number of hydrogen-bond acceptors (Lipinski definition) is 0. The van der Waals surface area contributed by atoms with Crippen molar-refractivity contribution in [3.63, 3.8) is 0 Å². The van der Waals surface area contributed by atoms with E-state index < -0.39 is 53.9 Å². The van der Waals surface area contributed by atoms with Crippen LogP contribution in [0.2, 0.25) is 0 Å². The highest BCUT2D eigenvalue weighted by atomic mass is 127. The van der Waals surface area contributed by atoms with Crippen molar-refractivity contribution >= 4 is 0 Å². The standard InChI is InChI=1S/C15H11F5I/c1-6-4-7(2)14(8(3)5-6)21-15-12(19)10(17)9(16)11(18)13(15)20/h4-5H,1-3H3/q+1. The van der Waals surface area contributed by atoms with Crippen LogP contribution < -0.4 is 21.2 Å². The molecule has 0 atom stereocenters. The molecule has 2 aromatic rings. The highest BCUT2D eigenvalue weighted by molar-refractivity contribution is 5.27. The lowest BCUT2D eigenvalue weighted by Gasteiger charge is -2.03. The van der Waals surface area contributed by atoms with E-state index in [1.54, 1.807) is 13.8 Å². The minimum absolute atomic E-state index is 0.669. The van der Waals surface area contributed by atoms with Gasteiger partial charge in [0.2, 0.25) is 29.1 Å². The van der Waals surface area contributed by atoms with E-state index in [2.05, 4.69) is 0 Å². The summed E-state index contributed by atoms with van der Waals surface area (Å²) in [6, 6.07) is 3.65.